The van der Waals surface area contributed by atoms with Gasteiger partial charge in [-0.05, 0) is 24.8 Å². The summed E-state index contributed by atoms with van der Waals surface area (Å²) in [6.07, 6.45) is 5.12. The minimum absolute atomic E-state index is 0.0330. The van der Waals surface area contributed by atoms with Crippen molar-refractivity contribution in [3.8, 4) is 0 Å². The van der Waals surface area contributed by atoms with Gasteiger partial charge >= 0.3 is 0 Å². The van der Waals surface area contributed by atoms with Gasteiger partial charge in [-0.2, -0.15) is 5.10 Å². The second-order valence-electron chi connectivity index (χ2n) is 6.72. The molecule has 1 amide bonds. The summed E-state index contributed by atoms with van der Waals surface area (Å²) in [6.45, 7) is 4.77. The number of aromatic nitrogens is 4. The van der Waals surface area contributed by atoms with Crippen molar-refractivity contribution in [3.05, 3.63) is 35.7 Å². The zero-order valence-corrected chi connectivity index (χ0v) is 14.7. The van der Waals surface area contributed by atoms with Gasteiger partial charge in [-0.1, -0.05) is 13.8 Å². The molecule has 3 heterocycles. The molecule has 1 fully saturated rings. The van der Waals surface area contributed by atoms with Crippen LogP contribution in [-0.2, 0) is 18.8 Å². The molecule has 1 aliphatic heterocycles. The number of aryl methyl sites for hydroxylation is 2. The number of hydrogen-bond acceptors (Lipinski definition) is 4. The first-order valence-electron chi connectivity index (χ1n) is 8.38. The Balaban J connectivity index is 1.67. The lowest BCUT2D eigenvalue weighted by atomic mass is 10.0. The van der Waals surface area contributed by atoms with E-state index in [1.807, 2.05) is 30.9 Å². The van der Waals surface area contributed by atoms with Crippen LogP contribution in [0.2, 0.25) is 0 Å². The number of hydrogen-bond donors (Lipinski definition) is 1. The Morgan fingerprint density at radius 3 is 2.83 bits per heavy atom. The Morgan fingerprint density at radius 2 is 2.21 bits per heavy atom. The lowest BCUT2D eigenvalue weighted by Crippen LogP contribution is -2.40. The highest BCUT2D eigenvalue weighted by Crippen LogP contribution is 2.27. The molecule has 0 aliphatic carbocycles. The normalized spacial score (nSPS) is 21.2. The van der Waals surface area contributed by atoms with Gasteiger partial charge in [0.1, 0.15) is 11.8 Å². The fourth-order valence-electron chi connectivity index (χ4n) is 3.06. The van der Waals surface area contributed by atoms with Crippen molar-refractivity contribution in [2.75, 3.05) is 6.61 Å². The Kier molecular flexibility index (Phi) is 4.71. The summed E-state index contributed by atoms with van der Waals surface area (Å²) >= 11 is 0. The molecule has 1 aliphatic rings. The number of carbonyl (C=O) groups is 1. The molecule has 7 nitrogen and oxygen atoms in total. The van der Waals surface area contributed by atoms with E-state index in [9.17, 15) is 4.79 Å². The van der Waals surface area contributed by atoms with Crippen molar-refractivity contribution in [1.29, 1.82) is 0 Å². The molecule has 0 spiro atoms. The number of ether oxygens (including phenoxy) is 1. The predicted molar refractivity (Wildman–Crippen MR) is 89.7 cm³/mol. The first kappa shape index (κ1) is 16.7. The van der Waals surface area contributed by atoms with Crippen molar-refractivity contribution in [2.45, 2.75) is 44.8 Å². The van der Waals surface area contributed by atoms with E-state index >= 15 is 0 Å². The zero-order chi connectivity index (χ0) is 17.3. The molecule has 3 rings (SSSR count). The average molecular weight is 331 g/mol. The molecule has 7 heteroatoms. The molecule has 0 radical (unpaired) electrons. The smallest absolute Gasteiger partial charge is 0.269 e. The van der Waals surface area contributed by atoms with Gasteiger partial charge in [0, 0.05) is 26.7 Å². The van der Waals surface area contributed by atoms with Gasteiger partial charge in [-0.15, -0.1) is 0 Å². The van der Waals surface area contributed by atoms with Crippen LogP contribution in [0, 0.1) is 0 Å². The minimum Gasteiger partial charge on any atom is -0.372 e. The van der Waals surface area contributed by atoms with Gasteiger partial charge in [0.2, 0.25) is 0 Å². The summed E-state index contributed by atoms with van der Waals surface area (Å²) in [5, 5.41) is 7.54. The highest BCUT2D eigenvalue weighted by Gasteiger charge is 2.28. The second kappa shape index (κ2) is 6.76. The highest BCUT2D eigenvalue weighted by molar-refractivity contribution is 5.92. The zero-order valence-electron chi connectivity index (χ0n) is 14.7. The Bertz CT molecular complexity index is 718. The number of imidazole rings is 1. The van der Waals surface area contributed by atoms with E-state index in [2.05, 4.69) is 29.2 Å². The number of carbonyl (C=O) groups excluding carboxylic acids is 1. The van der Waals surface area contributed by atoms with Crippen molar-refractivity contribution < 1.29 is 9.53 Å². The molecule has 1 saturated heterocycles. The summed E-state index contributed by atoms with van der Waals surface area (Å²) in [7, 11) is 3.76. The third-order valence-corrected chi connectivity index (χ3v) is 4.53. The molecule has 2 atom stereocenters. The maximum Gasteiger partial charge on any atom is 0.269 e. The fraction of sp³-hybridized carbons (Fsp3) is 0.588. The van der Waals surface area contributed by atoms with Gasteiger partial charge in [-0.3, -0.25) is 9.48 Å². The largest absolute Gasteiger partial charge is 0.372 e. The Morgan fingerprint density at radius 1 is 1.42 bits per heavy atom. The SMILES string of the molecule is CC(C)c1cc(C(=O)N[C@H]2CCO[C@@H](c3cncn3C)C2)n(C)n1. The minimum atomic E-state index is -0.0763. The molecule has 0 bridgehead atoms. The van der Waals surface area contributed by atoms with Gasteiger partial charge in [-0.25, -0.2) is 4.98 Å². The van der Waals surface area contributed by atoms with Crippen LogP contribution >= 0.6 is 0 Å². The van der Waals surface area contributed by atoms with Crippen molar-refractivity contribution in [1.82, 2.24) is 24.6 Å². The molecule has 24 heavy (non-hydrogen) atoms. The van der Waals surface area contributed by atoms with Gasteiger partial charge in [0.15, 0.2) is 0 Å². The lowest BCUT2D eigenvalue weighted by molar-refractivity contribution is -0.00307. The molecule has 0 saturated carbocycles. The number of nitrogens with one attached hydrogen (secondary N) is 1. The van der Waals surface area contributed by atoms with E-state index in [0.717, 1.165) is 24.2 Å². The molecular formula is C17H25N5O2. The van der Waals surface area contributed by atoms with Crippen molar-refractivity contribution in [3.63, 3.8) is 0 Å². The molecule has 0 unspecified atom stereocenters. The average Bonchev–Trinajstić information content (AvgIpc) is 3.13. The molecule has 1 N–H and O–H groups in total. The van der Waals surface area contributed by atoms with Gasteiger partial charge in [0.05, 0.1) is 23.9 Å². The number of nitrogens with zero attached hydrogens (tertiary/aromatic N) is 4. The monoisotopic (exact) mass is 331 g/mol. The lowest BCUT2D eigenvalue weighted by Gasteiger charge is -2.30. The van der Waals surface area contributed by atoms with Crippen LogP contribution in [0.5, 0.6) is 0 Å². The predicted octanol–water partition coefficient (Wildman–Crippen LogP) is 1.93. The third kappa shape index (κ3) is 3.36. The standard InChI is InChI=1S/C17H25N5O2/c1-11(2)13-8-14(22(4)20-13)17(23)19-12-5-6-24-16(7-12)15-9-18-10-21(15)3/h8-12,16H,5-7H2,1-4H3,(H,19,23)/t12-,16+/m0/s1. The van der Waals surface area contributed by atoms with E-state index in [0.29, 0.717) is 18.2 Å². The van der Waals surface area contributed by atoms with E-state index in [4.69, 9.17) is 4.74 Å². The van der Waals surface area contributed by atoms with Crippen LogP contribution in [0.25, 0.3) is 0 Å². The Labute approximate surface area is 142 Å². The topological polar surface area (TPSA) is 74.0 Å². The highest BCUT2D eigenvalue weighted by atomic mass is 16.5. The quantitative estimate of drug-likeness (QED) is 0.929. The maximum atomic E-state index is 12.6. The maximum absolute atomic E-state index is 12.6. The molecule has 0 aromatic carbocycles. The first-order chi connectivity index (χ1) is 11.5. The van der Waals surface area contributed by atoms with E-state index in [1.54, 1.807) is 11.0 Å². The molecular weight excluding hydrogens is 306 g/mol. The van der Waals surface area contributed by atoms with Crippen LogP contribution in [0.4, 0.5) is 0 Å². The first-order valence-corrected chi connectivity index (χ1v) is 8.38. The summed E-state index contributed by atoms with van der Waals surface area (Å²) in [5.74, 6) is 0.225. The van der Waals surface area contributed by atoms with Crippen LogP contribution in [0.15, 0.2) is 18.6 Å². The summed E-state index contributed by atoms with van der Waals surface area (Å²) in [6, 6.07) is 1.96. The second-order valence-corrected chi connectivity index (χ2v) is 6.72. The number of rotatable bonds is 4. The summed E-state index contributed by atoms with van der Waals surface area (Å²) in [4.78, 5) is 16.7. The van der Waals surface area contributed by atoms with E-state index in [1.165, 1.54) is 0 Å². The van der Waals surface area contributed by atoms with Gasteiger partial charge in [0.25, 0.3) is 5.91 Å². The third-order valence-electron chi connectivity index (χ3n) is 4.53. The molecule has 2 aromatic heterocycles. The fourth-order valence-corrected chi connectivity index (χ4v) is 3.06. The summed E-state index contributed by atoms with van der Waals surface area (Å²) in [5.41, 5.74) is 2.57. The van der Waals surface area contributed by atoms with Crippen LogP contribution in [-0.4, -0.2) is 37.9 Å². The van der Waals surface area contributed by atoms with Crippen LogP contribution in [0.3, 0.4) is 0 Å². The molecule has 130 valence electrons. The van der Waals surface area contributed by atoms with Gasteiger partial charge < -0.3 is 14.6 Å². The summed E-state index contributed by atoms with van der Waals surface area (Å²) < 4.78 is 9.47. The van der Waals surface area contributed by atoms with Crippen molar-refractivity contribution >= 4 is 5.91 Å². The number of amides is 1. The van der Waals surface area contributed by atoms with E-state index in [-0.39, 0.29) is 18.1 Å². The van der Waals surface area contributed by atoms with Crippen molar-refractivity contribution in [2.24, 2.45) is 14.1 Å². The molecule has 2 aromatic rings. The Hall–Kier alpha value is -2.15. The van der Waals surface area contributed by atoms with Crippen LogP contribution < -0.4 is 5.32 Å². The van der Waals surface area contributed by atoms with Crippen LogP contribution in [0.1, 0.15) is 60.6 Å². The van der Waals surface area contributed by atoms with E-state index < -0.39 is 0 Å².